The van der Waals surface area contributed by atoms with Gasteiger partial charge in [0.1, 0.15) is 0 Å². The van der Waals surface area contributed by atoms with Crippen molar-refractivity contribution >= 4 is 6.03 Å². The molecule has 1 heterocycles. The monoisotopic (exact) mass is 258 g/mol. The molecule has 1 aliphatic rings. The van der Waals surface area contributed by atoms with E-state index in [9.17, 15) is 4.79 Å². The first-order valence-corrected chi connectivity index (χ1v) is 7.08. The molecule has 0 spiro atoms. The molecule has 18 heavy (non-hydrogen) atoms. The van der Waals surface area contributed by atoms with Gasteiger partial charge in [0.2, 0.25) is 0 Å². The van der Waals surface area contributed by atoms with Crippen molar-refractivity contribution in [1.29, 1.82) is 0 Å². The normalized spacial score (nSPS) is 22.9. The standard InChI is InChI=1S/C13H26N2O3/c1-3-5-7-9-17-11-12(15-13(16)14-11)18-10-8-6-4-2/h11-12H,3-10H2,1-2H3,(H2,14,15,16). The van der Waals surface area contributed by atoms with E-state index in [1.54, 1.807) is 0 Å². The predicted molar refractivity (Wildman–Crippen MR) is 70.2 cm³/mol. The molecular weight excluding hydrogens is 232 g/mol. The molecule has 106 valence electrons. The minimum absolute atomic E-state index is 0.212. The van der Waals surface area contributed by atoms with Crippen LogP contribution in [0, 0.1) is 0 Å². The molecule has 1 rings (SSSR count). The van der Waals surface area contributed by atoms with Gasteiger partial charge in [-0.05, 0) is 12.8 Å². The van der Waals surface area contributed by atoms with Crippen LogP contribution in [0.5, 0.6) is 0 Å². The Morgan fingerprint density at radius 1 is 0.889 bits per heavy atom. The Kier molecular flexibility index (Phi) is 7.76. The van der Waals surface area contributed by atoms with E-state index >= 15 is 0 Å². The van der Waals surface area contributed by atoms with Gasteiger partial charge in [-0.3, -0.25) is 0 Å². The smallest absolute Gasteiger partial charge is 0.319 e. The van der Waals surface area contributed by atoms with Crippen molar-refractivity contribution in [2.24, 2.45) is 0 Å². The number of carbonyl (C=O) groups excluding carboxylic acids is 1. The van der Waals surface area contributed by atoms with Gasteiger partial charge >= 0.3 is 6.03 Å². The van der Waals surface area contributed by atoms with E-state index in [4.69, 9.17) is 9.47 Å². The zero-order valence-electron chi connectivity index (χ0n) is 11.5. The number of hydrogen-bond acceptors (Lipinski definition) is 3. The largest absolute Gasteiger partial charge is 0.354 e. The third-order valence-corrected chi connectivity index (χ3v) is 2.91. The number of nitrogens with one attached hydrogen (secondary N) is 2. The molecule has 1 aliphatic heterocycles. The van der Waals surface area contributed by atoms with Crippen LogP contribution < -0.4 is 10.6 Å². The molecule has 5 nitrogen and oxygen atoms in total. The summed E-state index contributed by atoms with van der Waals surface area (Å²) in [5.74, 6) is 0. The lowest BCUT2D eigenvalue weighted by Gasteiger charge is -2.19. The second-order valence-electron chi connectivity index (χ2n) is 4.61. The van der Waals surface area contributed by atoms with E-state index < -0.39 is 0 Å². The summed E-state index contributed by atoms with van der Waals surface area (Å²) in [5.41, 5.74) is 0. The summed E-state index contributed by atoms with van der Waals surface area (Å²) < 4.78 is 11.3. The molecule has 1 saturated heterocycles. The number of unbranched alkanes of at least 4 members (excludes halogenated alkanes) is 4. The molecule has 2 unspecified atom stereocenters. The minimum Gasteiger partial charge on any atom is -0.354 e. The zero-order valence-corrected chi connectivity index (χ0v) is 11.5. The maximum atomic E-state index is 11.3. The lowest BCUT2D eigenvalue weighted by Crippen LogP contribution is -2.38. The highest BCUT2D eigenvalue weighted by atomic mass is 16.6. The van der Waals surface area contributed by atoms with E-state index in [0.29, 0.717) is 13.2 Å². The summed E-state index contributed by atoms with van der Waals surface area (Å²) in [6, 6.07) is -0.212. The van der Waals surface area contributed by atoms with Crippen molar-refractivity contribution in [3.8, 4) is 0 Å². The predicted octanol–water partition coefficient (Wildman–Crippen LogP) is 2.36. The van der Waals surface area contributed by atoms with Gasteiger partial charge in [-0.2, -0.15) is 0 Å². The minimum atomic E-state index is -0.351. The molecule has 0 aromatic carbocycles. The van der Waals surface area contributed by atoms with Crippen LogP contribution in [-0.4, -0.2) is 31.7 Å². The summed E-state index contributed by atoms with van der Waals surface area (Å²) in [5, 5.41) is 5.45. The second-order valence-corrected chi connectivity index (χ2v) is 4.61. The highest BCUT2D eigenvalue weighted by Crippen LogP contribution is 2.08. The van der Waals surface area contributed by atoms with Crippen LogP contribution in [0.4, 0.5) is 4.79 Å². The number of ether oxygens (including phenoxy) is 2. The van der Waals surface area contributed by atoms with Crippen LogP contribution in [-0.2, 0) is 9.47 Å². The number of amides is 2. The Morgan fingerprint density at radius 2 is 1.33 bits per heavy atom. The first kappa shape index (κ1) is 15.2. The van der Waals surface area contributed by atoms with E-state index in [1.165, 1.54) is 0 Å². The van der Waals surface area contributed by atoms with Gasteiger partial charge in [0.25, 0.3) is 0 Å². The van der Waals surface area contributed by atoms with E-state index in [0.717, 1.165) is 38.5 Å². The SMILES string of the molecule is CCCCCOC1NC(=O)NC1OCCCCC. The quantitative estimate of drug-likeness (QED) is 0.591. The molecule has 0 aromatic rings. The molecule has 5 heteroatoms. The molecule has 2 N–H and O–H groups in total. The van der Waals surface area contributed by atoms with Gasteiger partial charge in [-0.15, -0.1) is 0 Å². The molecule has 0 radical (unpaired) electrons. The van der Waals surface area contributed by atoms with Gasteiger partial charge in [0, 0.05) is 13.2 Å². The third-order valence-electron chi connectivity index (χ3n) is 2.91. The summed E-state index contributed by atoms with van der Waals surface area (Å²) in [4.78, 5) is 11.3. The maximum absolute atomic E-state index is 11.3. The van der Waals surface area contributed by atoms with Gasteiger partial charge in [-0.25, -0.2) is 4.79 Å². The van der Waals surface area contributed by atoms with Crippen molar-refractivity contribution in [2.75, 3.05) is 13.2 Å². The Labute approximate surface area is 110 Å². The Hall–Kier alpha value is -0.810. The summed E-state index contributed by atoms with van der Waals surface area (Å²) >= 11 is 0. The number of carbonyl (C=O) groups is 1. The first-order chi connectivity index (χ1) is 8.77. The molecule has 2 amide bonds. The van der Waals surface area contributed by atoms with Crippen LogP contribution in [0.15, 0.2) is 0 Å². The zero-order chi connectivity index (χ0) is 13.2. The lowest BCUT2D eigenvalue weighted by molar-refractivity contribution is -0.0739. The van der Waals surface area contributed by atoms with E-state index in [1.807, 2.05) is 0 Å². The van der Waals surface area contributed by atoms with Crippen LogP contribution in [0.1, 0.15) is 52.4 Å². The fourth-order valence-electron chi connectivity index (χ4n) is 1.83. The fourth-order valence-corrected chi connectivity index (χ4v) is 1.83. The van der Waals surface area contributed by atoms with Crippen molar-refractivity contribution in [1.82, 2.24) is 10.6 Å². The Bertz CT molecular complexity index is 214. The first-order valence-electron chi connectivity index (χ1n) is 7.08. The number of hydrogen-bond donors (Lipinski definition) is 2. The highest BCUT2D eigenvalue weighted by molar-refractivity contribution is 5.76. The molecule has 0 bridgehead atoms. The Morgan fingerprint density at radius 3 is 1.72 bits per heavy atom. The van der Waals surface area contributed by atoms with Gasteiger partial charge in [0.05, 0.1) is 0 Å². The fraction of sp³-hybridized carbons (Fsp3) is 0.923. The van der Waals surface area contributed by atoms with Crippen molar-refractivity contribution in [2.45, 2.75) is 64.8 Å². The average molecular weight is 258 g/mol. The third kappa shape index (κ3) is 5.69. The maximum Gasteiger partial charge on any atom is 0.319 e. The van der Waals surface area contributed by atoms with E-state index in [2.05, 4.69) is 24.5 Å². The van der Waals surface area contributed by atoms with Crippen molar-refractivity contribution < 1.29 is 14.3 Å². The highest BCUT2D eigenvalue weighted by Gasteiger charge is 2.32. The molecule has 0 aromatic heterocycles. The average Bonchev–Trinajstić information content (AvgIpc) is 2.71. The van der Waals surface area contributed by atoms with Crippen LogP contribution in [0.3, 0.4) is 0 Å². The van der Waals surface area contributed by atoms with Gasteiger partial charge in [0.15, 0.2) is 12.5 Å². The molecule has 1 fully saturated rings. The number of rotatable bonds is 10. The molecule has 2 atom stereocenters. The Balaban J connectivity index is 2.19. The van der Waals surface area contributed by atoms with E-state index in [-0.39, 0.29) is 18.5 Å². The number of urea groups is 1. The topological polar surface area (TPSA) is 59.6 Å². The molecular formula is C13H26N2O3. The van der Waals surface area contributed by atoms with Crippen molar-refractivity contribution in [3.05, 3.63) is 0 Å². The summed E-state index contributed by atoms with van der Waals surface area (Å²) in [7, 11) is 0. The van der Waals surface area contributed by atoms with Crippen LogP contribution in [0.2, 0.25) is 0 Å². The second kappa shape index (κ2) is 9.16. The van der Waals surface area contributed by atoms with Gasteiger partial charge in [-0.1, -0.05) is 39.5 Å². The van der Waals surface area contributed by atoms with Crippen LogP contribution >= 0.6 is 0 Å². The van der Waals surface area contributed by atoms with Gasteiger partial charge < -0.3 is 20.1 Å². The molecule has 0 aliphatic carbocycles. The summed E-state index contributed by atoms with van der Waals surface area (Å²) in [6.45, 7) is 5.63. The van der Waals surface area contributed by atoms with Crippen molar-refractivity contribution in [3.63, 3.8) is 0 Å². The lowest BCUT2D eigenvalue weighted by atomic mass is 10.3. The summed E-state index contributed by atoms with van der Waals surface area (Å²) in [6.07, 6.45) is 5.96. The van der Waals surface area contributed by atoms with Crippen LogP contribution in [0.25, 0.3) is 0 Å². The molecule has 0 saturated carbocycles.